The molecule has 0 bridgehead atoms. The van der Waals surface area contributed by atoms with Gasteiger partial charge in [0, 0.05) is 30.2 Å². The number of carboxylic acid groups (broad SMARTS) is 1. The van der Waals surface area contributed by atoms with Gasteiger partial charge in [-0.15, -0.1) is 0 Å². The first-order valence-corrected chi connectivity index (χ1v) is 14.2. The molecule has 8 nitrogen and oxygen atoms in total. The number of amides is 1. The highest BCUT2D eigenvalue weighted by Crippen LogP contribution is 2.30. The minimum absolute atomic E-state index is 0.114. The summed E-state index contributed by atoms with van der Waals surface area (Å²) in [6.07, 6.45) is -1.55. The SMILES string of the molecule is CCCCCNc1nc(-c2ccc(C(F)(F)F)cc2)cc(=O)n1Cc1ccc(C(=O)NC(Cc2ccccc2)C(=O)O)cc1. The zero-order chi connectivity index (χ0) is 31.7. The lowest BCUT2D eigenvalue weighted by molar-refractivity contribution is -0.139. The first kappa shape index (κ1) is 32.0. The number of benzene rings is 3. The number of halogens is 3. The zero-order valence-corrected chi connectivity index (χ0v) is 24.1. The predicted molar refractivity (Wildman–Crippen MR) is 162 cm³/mol. The second-order valence-corrected chi connectivity index (χ2v) is 10.3. The molecule has 0 aliphatic carbocycles. The van der Waals surface area contributed by atoms with Gasteiger partial charge in [0.05, 0.1) is 17.8 Å². The second-order valence-electron chi connectivity index (χ2n) is 10.3. The van der Waals surface area contributed by atoms with Crippen LogP contribution < -0.4 is 16.2 Å². The Morgan fingerprint density at radius 1 is 0.932 bits per heavy atom. The molecule has 0 fully saturated rings. The Morgan fingerprint density at radius 2 is 1.61 bits per heavy atom. The third-order valence-corrected chi connectivity index (χ3v) is 7.02. The van der Waals surface area contributed by atoms with Gasteiger partial charge in [0.1, 0.15) is 6.04 Å². The summed E-state index contributed by atoms with van der Waals surface area (Å²) in [6.45, 7) is 2.72. The first-order valence-electron chi connectivity index (χ1n) is 14.2. The Bertz CT molecular complexity index is 1620. The number of carbonyl (C=O) groups excluding carboxylic acids is 1. The van der Waals surface area contributed by atoms with E-state index in [1.807, 2.05) is 6.07 Å². The van der Waals surface area contributed by atoms with Crippen molar-refractivity contribution in [2.75, 3.05) is 11.9 Å². The third kappa shape index (κ3) is 8.56. The van der Waals surface area contributed by atoms with Crippen LogP contribution in [0, 0.1) is 0 Å². The van der Waals surface area contributed by atoms with Crippen LogP contribution in [0.15, 0.2) is 89.7 Å². The number of carboxylic acids is 1. The van der Waals surface area contributed by atoms with E-state index in [9.17, 15) is 32.7 Å². The molecule has 44 heavy (non-hydrogen) atoms. The van der Waals surface area contributed by atoms with Crippen LogP contribution in [0.2, 0.25) is 0 Å². The van der Waals surface area contributed by atoms with Crippen molar-refractivity contribution in [3.05, 3.63) is 118 Å². The topological polar surface area (TPSA) is 113 Å². The molecule has 0 aliphatic heterocycles. The Hall–Kier alpha value is -4.93. The lowest BCUT2D eigenvalue weighted by atomic mass is 10.1. The van der Waals surface area contributed by atoms with Crippen molar-refractivity contribution in [1.82, 2.24) is 14.9 Å². The van der Waals surface area contributed by atoms with E-state index in [1.54, 1.807) is 48.5 Å². The van der Waals surface area contributed by atoms with Crippen LogP contribution in [-0.4, -0.2) is 39.1 Å². The lowest BCUT2D eigenvalue weighted by Crippen LogP contribution is -2.42. The molecule has 1 heterocycles. The third-order valence-electron chi connectivity index (χ3n) is 7.02. The summed E-state index contributed by atoms with van der Waals surface area (Å²) in [5.41, 5.74) is 1.14. The number of nitrogens with zero attached hydrogens (tertiary/aromatic N) is 2. The van der Waals surface area contributed by atoms with Gasteiger partial charge in [-0.25, -0.2) is 9.78 Å². The molecule has 4 rings (SSSR count). The number of hydrogen-bond donors (Lipinski definition) is 3. The van der Waals surface area contributed by atoms with Gasteiger partial charge in [0.15, 0.2) is 0 Å². The molecular weight excluding hydrogens is 573 g/mol. The molecule has 1 atom stereocenters. The van der Waals surface area contributed by atoms with Crippen molar-refractivity contribution in [2.45, 2.75) is 51.4 Å². The molecule has 0 aliphatic rings. The van der Waals surface area contributed by atoms with Gasteiger partial charge in [-0.05, 0) is 41.8 Å². The van der Waals surface area contributed by atoms with E-state index in [0.29, 0.717) is 17.7 Å². The standard InChI is InChI=1S/C33H33F3N4O4/c1-2-3-7-18-37-32-39-27(24-14-16-26(17-15-24)33(34,35)36)20-29(41)40(32)21-23-10-12-25(13-11-23)30(42)38-28(31(43)44)19-22-8-5-4-6-9-22/h4-6,8-17,20,28H,2-3,7,18-19,21H2,1H3,(H,37,39)(H,38,42)(H,43,44). The van der Waals surface area contributed by atoms with E-state index >= 15 is 0 Å². The molecule has 230 valence electrons. The molecule has 0 spiro atoms. The molecule has 3 N–H and O–H groups in total. The van der Waals surface area contributed by atoms with Gasteiger partial charge in [-0.3, -0.25) is 14.2 Å². The van der Waals surface area contributed by atoms with Crippen molar-refractivity contribution >= 4 is 17.8 Å². The van der Waals surface area contributed by atoms with Gasteiger partial charge in [-0.2, -0.15) is 13.2 Å². The molecule has 1 amide bonds. The quantitative estimate of drug-likeness (QED) is 0.161. The molecule has 11 heteroatoms. The summed E-state index contributed by atoms with van der Waals surface area (Å²) in [4.78, 5) is 42.4. The first-order chi connectivity index (χ1) is 21.0. The number of aromatic nitrogens is 2. The number of unbranched alkanes of at least 4 members (excludes halogenated alkanes) is 2. The predicted octanol–water partition coefficient (Wildman–Crippen LogP) is 6.01. The van der Waals surface area contributed by atoms with Crippen molar-refractivity contribution in [3.63, 3.8) is 0 Å². The highest BCUT2D eigenvalue weighted by atomic mass is 19.4. The molecule has 0 saturated heterocycles. The van der Waals surface area contributed by atoms with Gasteiger partial charge >= 0.3 is 12.1 Å². The van der Waals surface area contributed by atoms with Gasteiger partial charge in [-0.1, -0.05) is 74.4 Å². The summed E-state index contributed by atoms with van der Waals surface area (Å²) in [7, 11) is 0. The minimum Gasteiger partial charge on any atom is -0.480 e. The summed E-state index contributed by atoms with van der Waals surface area (Å²) in [5, 5.41) is 15.4. The van der Waals surface area contributed by atoms with Gasteiger partial charge in [0.25, 0.3) is 11.5 Å². The van der Waals surface area contributed by atoms with Crippen LogP contribution >= 0.6 is 0 Å². The zero-order valence-electron chi connectivity index (χ0n) is 24.1. The number of carbonyl (C=O) groups is 2. The average Bonchev–Trinajstić information content (AvgIpc) is 3.00. The van der Waals surface area contributed by atoms with E-state index < -0.39 is 35.2 Å². The van der Waals surface area contributed by atoms with E-state index in [0.717, 1.165) is 37.0 Å². The van der Waals surface area contributed by atoms with Crippen LogP contribution in [0.4, 0.5) is 19.1 Å². The fourth-order valence-corrected chi connectivity index (χ4v) is 4.58. The second kappa shape index (κ2) is 14.5. The van der Waals surface area contributed by atoms with Crippen LogP contribution in [0.5, 0.6) is 0 Å². The highest BCUT2D eigenvalue weighted by Gasteiger charge is 2.30. The van der Waals surface area contributed by atoms with Crippen molar-refractivity contribution in [3.8, 4) is 11.3 Å². The Kier molecular flexibility index (Phi) is 10.5. The maximum atomic E-state index is 13.2. The smallest absolute Gasteiger partial charge is 0.416 e. The van der Waals surface area contributed by atoms with E-state index in [-0.39, 0.29) is 30.2 Å². The van der Waals surface area contributed by atoms with Crippen LogP contribution in [-0.2, 0) is 23.9 Å². The number of aliphatic carboxylic acids is 1. The van der Waals surface area contributed by atoms with E-state index in [2.05, 4.69) is 22.5 Å². The van der Waals surface area contributed by atoms with Crippen molar-refractivity contribution in [1.29, 1.82) is 0 Å². The fourth-order valence-electron chi connectivity index (χ4n) is 4.58. The summed E-state index contributed by atoms with van der Waals surface area (Å²) in [5.74, 6) is -1.42. The Labute approximate surface area is 252 Å². The van der Waals surface area contributed by atoms with Crippen molar-refractivity contribution < 1.29 is 27.9 Å². The monoisotopic (exact) mass is 606 g/mol. The molecule has 4 aromatic rings. The van der Waals surface area contributed by atoms with E-state index in [1.165, 1.54) is 22.8 Å². The fraction of sp³-hybridized carbons (Fsp3) is 0.273. The largest absolute Gasteiger partial charge is 0.480 e. The summed E-state index contributed by atoms with van der Waals surface area (Å²) >= 11 is 0. The van der Waals surface area contributed by atoms with E-state index in [4.69, 9.17) is 0 Å². The number of nitrogens with one attached hydrogen (secondary N) is 2. The number of alkyl halides is 3. The molecule has 1 unspecified atom stereocenters. The maximum absolute atomic E-state index is 13.2. The van der Waals surface area contributed by atoms with Gasteiger partial charge in [0.2, 0.25) is 5.95 Å². The Balaban J connectivity index is 1.53. The van der Waals surface area contributed by atoms with Crippen LogP contribution in [0.3, 0.4) is 0 Å². The minimum atomic E-state index is -4.47. The number of anilines is 1. The normalized spacial score (nSPS) is 12.0. The Morgan fingerprint density at radius 3 is 2.23 bits per heavy atom. The number of hydrogen-bond acceptors (Lipinski definition) is 5. The molecule has 3 aromatic carbocycles. The van der Waals surface area contributed by atoms with Gasteiger partial charge < -0.3 is 15.7 Å². The summed E-state index contributed by atoms with van der Waals surface area (Å²) in [6, 6.07) is 20.1. The summed E-state index contributed by atoms with van der Waals surface area (Å²) < 4.78 is 40.5. The molecule has 0 radical (unpaired) electrons. The van der Waals surface area contributed by atoms with Crippen molar-refractivity contribution in [2.24, 2.45) is 0 Å². The maximum Gasteiger partial charge on any atom is 0.416 e. The molecular formula is C33H33F3N4O4. The molecule has 1 aromatic heterocycles. The highest BCUT2D eigenvalue weighted by molar-refractivity contribution is 5.96. The average molecular weight is 607 g/mol. The molecule has 0 saturated carbocycles. The number of rotatable bonds is 13. The lowest BCUT2D eigenvalue weighted by Gasteiger charge is -2.16. The van der Waals surface area contributed by atoms with Crippen LogP contribution in [0.25, 0.3) is 11.3 Å². The van der Waals surface area contributed by atoms with Crippen LogP contribution in [0.1, 0.15) is 53.2 Å².